The number of hydrogen-bond acceptors (Lipinski definition) is 3. The van der Waals surface area contributed by atoms with Crippen LogP contribution in [0, 0.1) is 0 Å². The molecule has 1 aromatic rings. The number of amides is 1. The summed E-state index contributed by atoms with van der Waals surface area (Å²) in [5, 5.41) is 2.59. The number of nitrogens with one attached hydrogen (secondary N) is 1. The standard InChI is InChI=1S/C9H8N2O2/c12-7-4-8(13)11-9(7)6-2-1-3-10-5-6/h1-3,5,9H,4H2,(H,11,13). The van der Waals surface area contributed by atoms with Crippen LogP contribution in [0.1, 0.15) is 18.0 Å². The number of carbonyl (C=O) groups excluding carboxylic acids is 2. The Balaban J connectivity index is 2.28. The fourth-order valence-electron chi connectivity index (χ4n) is 1.37. The van der Waals surface area contributed by atoms with Gasteiger partial charge < -0.3 is 5.32 Å². The molecule has 1 aliphatic rings. The minimum atomic E-state index is -0.485. The van der Waals surface area contributed by atoms with Gasteiger partial charge in [0.05, 0.1) is 6.42 Å². The Morgan fingerprint density at radius 3 is 2.85 bits per heavy atom. The first-order valence-corrected chi connectivity index (χ1v) is 3.99. The highest BCUT2D eigenvalue weighted by atomic mass is 16.2. The number of carbonyl (C=O) groups is 2. The summed E-state index contributed by atoms with van der Waals surface area (Å²) in [5.41, 5.74) is 0.748. The van der Waals surface area contributed by atoms with Crippen LogP contribution in [0.3, 0.4) is 0 Å². The van der Waals surface area contributed by atoms with Crippen molar-refractivity contribution >= 4 is 11.7 Å². The monoisotopic (exact) mass is 176 g/mol. The molecule has 4 nitrogen and oxygen atoms in total. The van der Waals surface area contributed by atoms with Crippen LogP contribution >= 0.6 is 0 Å². The zero-order chi connectivity index (χ0) is 9.26. The third kappa shape index (κ3) is 1.42. The molecule has 4 heteroatoms. The van der Waals surface area contributed by atoms with Crippen molar-refractivity contribution in [1.82, 2.24) is 10.3 Å². The summed E-state index contributed by atoms with van der Waals surface area (Å²) in [6.45, 7) is 0. The number of hydrogen-bond donors (Lipinski definition) is 1. The molecule has 1 fully saturated rings. The predicted octanol–water partition coefficient (Wildman–Crippen LogP) is 0.212. The Kier molecular flexibility index (Phi) is 1.81. The maximum Gasteiger partial charge on any atom is 0.228 e. The second-order valence-electron chi connectivity index (χ2n) is 2.93. The van der Waals surface area contributed by atoms with E-state index in [9.17, 15) is 9.59 Å². The molecule has 1 saturated heterocycles. The summed E-state index contributed by atoms with van der Waals surface area (Å²) in [6, 6.07) is 3.04. The molecule has 1 aromatic heterocycles. The van der Waals surface area contributed by atoms with E-state index in [0.717, 1.165) is 5.56 Å². The first-order chi connectivity index (χ1) is 6.27. The Hall–Kier alpha value is -1.71. The van der Waals surface area contributed by atoms with E-state index in [1.807, 2.05) is 0 Å². The van der Waals surface area contributed by atoms with Crippen LogP contribution in [-0.4, -0.2) is 16.7 Å². The molecule has 0 saturated carbocycles. The number of nitrogens with zero attached hydrogens (tertiary/aromatic N) is 1. The lowest BCUT2D eigenvalue weighted by Crippen LogP contribution is -2.20. The van der Waals surface area contributed by atoms with E-state index in [-0.39, 0.29) is 18.1 Å². The summed E-state index contributed by atoms with van der Waals surface area (Å²) in [5.74, 6) is -0.295. The van der Waals surface area contributed by atoms with E-state index in [1.165, 1.54) is 0 Å². The van der Waals surface area contributed by atoms with Gasteiger partial charge in [0.1, 0.15) is 6.04 Å². The van der Waals surface area contributed by atoms with Crippen molar-refractivity contribution in [3.05, 3.63) is 30.1 Å². The van der Waals surface area contributed by atoms with Crippen LogP contribution in [-0.2, 0) is 9.59 Å². The highest BCUT2D eigenvalue weighted by Crippen LogP contribution is 2.18. The number of aromatic nitrogens is 1. The minimum Gasteiger partial charge on any atom is -0.342 e. The van der Waals surface area contributed by atoms with Gasteiger partial charge in [-0.2, -0.15) is 0 Å². The SMILES string of the molecule is O=C1CC(=O)C(c2cccnc2)N1. The van der Waals surface area contributed by atoms with E-state index >= 15 is 0 Å². The molecule has 1 atom stereocenters. The lowest BCUT2D eigenvalue weighted by Gasteiger charge is -2.06. The quantitative estimate of drug-likeness (QED) is 0.622. The van der Waals surface area contributed by atoms with Crippen LogP contribution < -0.4 is 5.32 Å². The van der Waals surface area contributed by atoms with Crippen molar-refractivity contribution < 1.29 is 9.59 Å². The molecule has 0 aromatic carbocycles. The van der Waals surface area contributed by atoms with Crippen LogP contribution in [0.5, 0.6) is 0 Å². The molecule has 1 amide bonds. The Morgan fingerprint density at radius 2 is 2.31 bits per heavy atom. The van der Waals surface area contributed by atoms with Gasteiger partial charge in [-0.25, -0.2) is 0 Å². The molecule has 66 valence electrons. The van der Waals surface area contributed by atoms with Crippen LogP contribution in [0.2, 0.25) is 0 Å². The van der Waals surface area contributed by atoms with E-state index < -0.39 is 6.04 Å². The van der Waals surface area contributed by atoms with E-state index in [2.05, 4.69) is 10.3 Å². The lowest BCUT2D eigenvalue weighted by atomic mass is 10.1. The third-order valence-electron chi connectivity index (χ3n) is 1.98. The molecule has 2 rings (SSSR count). The minimum absolute atomic E-state index is 0.0143. The van der Waals surface area contributed by atoms with Gasteiger partial charge in [-0.15, -0.1) is 0 Å². The largest absolute Gasteiger partial charge is 0.342 e. The summed E-state index contributed by atoms with van der Waals surface area (Å²) < 4.78 is 0. The summed E-state index contributed by atoms with van der Waals surface area (Å²) in [4.78, 5) is 26.0. The molecule has 1 aliphatic heterocycles. The predicted molar refractivity (Wildman–Crippen MR) is 44.7 cm³/mol. The Labute approximate surface area is 75.0 Å². The van der Waals surface area contributed by atoms with Gasteiger partial charge in [-0.1, -0.05) is 6.07 Å². The zero-order valence-corrected chi connectivity index (χ0v) is 6.86. The van der Waals surface area contributed by atoms with Gasteiger partial charge >= 0.3 is 0 Å². The van der Waals surface area contributed by atoms with Crippen LogP contribution in [0.15, 0.2) is 24.5 Å². The molecule has 0 spiro atoms. The van der Waals surface area contributed by atoms with Crippen LogP contribution in [0.4, 0.5) is 0 Å². The topological polar surface area (TPSA) is 59.1 Å². The molecule has 13 heavy (non-hydrogen) atoms. The highest BCUT2D eigenvalue weighted by Gasteiger charge is 2.30. The lowest BCUT2D eigenvalue weighted by molar-refractivity contribution is -0.122. The van der Waals surface area contributed by atoms with Gasteiger partial charge in [-0.05, 0) is 6.07 Å². The maximum absolute atomic E-state index is 11.3. The van der Waals surface area contributed by atoms with E-state index in [1.54, 1.807) is 24.5 Å². The second-order valence-corrected chi connectivity index (χ2v) is 2.93. The zero-order valence-electron chi connectivity index (χ0n) is 6.86. The van der Waals surface area contributed by atoms with Crippen molar-refractivity contribution in [1.29, 1.82) is 0 Å². The van der Waals surface area contributed by atoms with Gasteiger partial charge in [0.25, 0.3) is 0 Å². The first kappa shape index (κ1) is 7.91. The number of ketones is 1. The first-order valence-electron chi connectivity index (χ1n) is 3.99. The number of Topliss-reactive ketones (excluding diaryl/α,β-unsaturated/α-hetero) is 1. The summed E-state index contributed by atoms with van der Waals surface area (Å²) >= 11 is 0. The van der Waals surface area contributed by atoms with Crippen LogP contribution in [0.25, 0.3) is 0 Å². The van der Waals surface area contributed by atoms with Gasteiger partial charge in [0.2, 0.25) is 5.91 Å². The van der Waals surface area contributed by atoms with Crippen molar-refractivity contribution in [3.63, 3.8) is 0 Å². The summed E-state index contributed by atoms with van der Waals surface area (Å²) in [6.07, 6.45) is 3.21. The summed E-state index contributed by atoms with van der Waals surface area (Å²) in [7, 11) is 0. The van der Waals surface area contributed by atoms with Crippen molar-refractivity contribution in [2.75, 3.05) is 0 Å². The maximum atomic E-state index is 11.3. The third-order valence-corrected chi connectivity index (χ3v) is 1.98. The van der Waals surface area contributed by atoms with Gasteiger partial charge in [0.15, 0.2) is 5.78 Å². The van der Waals surface area contributed by atoms with E-state index in [0.29, 0.717) is 0 Å². The fraction of sp³-hybridized carbons (Fsp3) is 0.222. The normalized spacial score (nSPS) is 21.7. The van der Waals surface area contributed by atoms with E-state index in [4.69, 9.17) is 0 Å². The Morgan fingerprint density at radius 1 is 1.46 bits per heavy atom. The Bertz CT molecular complexity index is 348. The smallest absolute Gasteiger partial charge is 0.228 e. The molecule has 0 radical (unpaired) electrons. The molecule has 1 unspecified atom stereocenters. The average molecular weight is 176 g/mol. The van der Waals surface area contributed by atoms with Gasteiger partial charge in [0, 0.05) is 18.0 Å². The average Bonchev–Trinajstić information content (AvgIpc) is 2.47. The second kappa shape index (κ2) is 2.97. The molecule has 1 N–H and O–H groups in total. The number of pyridine rings is 1. The van der Waals surface area contributed by atoms with Crippen molar-refractivity contribution in [2.45, 2.75) is 12.5 Å². The van der Waals surface area contributed by atoms with Crippen molar-refractivity contribution in [3.8, 4) is 0 Å². The molecular formula is C9H8N2O2. The number of rotatable bonds is 1. The molecule has 0 bridgehead atoms. The molecular weight excluding hydrogens is 168 g/mol. The molecule has 2 heterocycles. The van der Waals surface area contributed by atoms with Gasteiger partial charge in [-0.3, -0.25) is 14.6 Å². The van der Waals surface area contributed by atoms with Crippen molar-refractivity contribution in [2.24, 2.45) is 0 Å². The molecule has 0 aliphatic carbocycles. The fourth-order valence-corrected chi connectivity index (χ4v) is 1.37. The highest BCUT2D eigenvalue weighted by molar-refractivity contribution is 6.07.